The van der Waals surface area contributed by atoms with E-state index in [-0.39, 0.29) is 0 Å². The van der Waals surface area contributed by atoms with E-state index in [0.717, 1.165) is 0 Å². The van der Waals surface area contributed by atoms with Gasteiger partial charge in [0.15, 0.2) is 0 Å². The average Bonchev–Trinajstić information content (AvgIpc) is 2.05. The molecule has 0 aliphatic rings. The molecule has 0 unspecified atom stereocenters. The maximum absolute atomic E-state index is 10.7. The molecule has 0 saturated carbocycles. The standard InChI is InChI=1S/C9H11NO2/c1-2-12-8-6-4-3-5-7(8)9(10)11/h3-6H,2H2,1H3,(H2,10,11)/p-1. The first-order valence-electron chi connectivity index (χ1n) is 3.73. The van der Waals surface area contributed by atoms with Gasteiger partial charge in [-0.3, -0.25) is 0 Å². The topological polar surface area (TPSA) is 56.1 Å². The van der Waals surface area contributed by atoms with Gasteiger partial charge in [-0.25, -0.2) is 0 Å². The minimum atomic E-state index is -0.709. The molecule has 0 aromatic heterocycles. The first kappa shape index (κ1) is 8.59. The Kier molecular flexibility index (Phi) is 2.69. The molecule has 0 heterocycles. The first-order chi connectivity index (χ1) is 5.75. The Balaban J connectivity index is 3.00. The summed E-state index contributed by atoms with van der Waals surface area (Å²) in [6.07, 6.45) is 0. The summed E-state index contributed by atoms with van der Waals surface area (Å²) in [6.45, 7) is 2.34. The molecule has 0 saturated heterocycles. The highest BCUT2D eigenvalue weighted by Gasteiger charge is 1.99. The predicted molar refractivity (Wildman–Crippen MR) is 44.4 cm³/mol. The van der Waals surface area contributed by atoms with Crippen LogP contribution in [0.5, 0.6) is 5.75 Å². The van der Waals surface area contributed by atoms with Crippen molar-refractivity contribution >= 4 is 5.90 Å². The highest BCUT2D eigenvalue weighted by atomic mass is 16.5. The molecule has 1 rings (SSSR count). The molecule has 0 radical (unpaired) electrons. The third kappa shape index (κ3) is 1.75. The highest BCUT2D eigenvalue weighted by molar-refractivity contribution is 5.91. The molecule has 0 aliphatic carbocycles. The second-order valence-corrected chi connectivity index (χ2v) is 2.26. The zero-order valence-corrected chi connectivity index (χ0v) is 6.83. The van der Waals surface area contributed by atoms with Crippen LogP contribution in [-0.2, 0) is 0 Å². The van der Waals surface area contributed by atoms with Crippen LogP contribution in [0.3, 0.4) is 0 Å². The fourth-order valence-corrected chi connectivity index (χ4v) is 0.936. The maximum atomic E-state index is 10.7. The summed E-state index contributed by atoms with van der Waals surface area (Å²) >= 11 is 0. The Morgan fingerprint density at radius 1 is 1.50 bits per heavy atom. The van der Waals surface area contributed by atoms with Gasteiger partial charge in [-0.15, -0.1) is 0 Å². The van der Waals surface area contributed by atoms with Crippen LogP contribution < -0.4 is 9.84 Å². The second-order valence-electron chi connectivity index (χ2n) is 2.26. The van der Waals surface area contributed by atoms with Crippen LogP contribution in [0.2, 0.25) is 0 Å². The molecule has 64 valence electrons. The van der Waals surface area contributed by atoms with Crippen LogP contribution in [0.1, 0.15) is 12.5 Å². The van der Waals surface area contributed by atoms with Crippen molar-refractivity contribution in [3.63, 3.8) is 0 Å². The number of hydrogen-bond donors (Lipinski definition) is 1. The number of nitrogens with one attached hydrogen (secondary N) is 1. The summed E-state index contributed by atoms with van der Waals surface area (Å²) in [6, 6.07) is 6.76. The lowest BCUT2D eigenvalue weighted by atomic mass is 10.2. The molecule has 0 spiro atoms. The van der Waals surface area contributed by atoms with E-state index in [1.54, 1.807) is 24.3 Å². The highest BCUT2D eigenvalue weighted by Crippen LogP contribution is 2.16. The summed E-state index contributed by atoms with van der Waals surface area (Å²) in [5.41, 5.74) is 0.319. The van der Waals surface area contributed by atoms with Crippen LogP contribution in [0.4, 0.5) is 0 Å². The maximum Gasteiger partial charge on any atom is 0.127 e. The molecule has 1 N–H and O–H groups in total. The van der Waals surface area contributed by atoms with Crippen LogP contribution in [0, 0.1) is 5.41 Å². The average molecular weight is 164 g/mol. The lowest BCUT2D eigenvalue weighted by Crippen LogP contribution is -2.17. The monoisotopic (exact) mass is 164 g/mol. The molecule has 3 nitrogen and oxygen atoms in total. The summed E-state index contributed by atoms with van der Waals surface area (Å²) in [7, 11) is 0. The van der Waals surface area contributed by atoms with Crippen molar-refractivity contribution < 1.29 is 9.84 Å². The Labute approximate surface area is 71.1 Å². The fourth-order valence-electron chi connectivity index (χ4n) is 0.936. The van der Waals surface area contributed by atoms with Crippen LogP contribution in [-0.4, -0.2) is 12.5 Å². The Bertz CT molecular complexity index is 284. The Morgan fingerprint density at radius 3 is 2.75 bits per heavy atom. The fraction of sp³-hybridized carbons (Fsp3) is 0.222. The summed E-state index contributed by atoms with van der Waals surface area (Å²) in [4.78, 5) is 0. The van der Waals surface area contributed by atoms with Gasteiger partial charge in [-0.2, -0.15) is 0 Å². The Morgan fingerprint density at radius 2 is 2.17 bits per heavy atom. The van der Waals surface area contributed by atoms with Gasteiger partial charge in [0, 0.05) is 5.56 Å². The van der Waals surface area contributed by atoms with Gasteiger partial charge in [-0.05, 0) is 18.9 Å². The van der Waals surface area contributed by atoms with E-state index in [2.05, 4.69) is 0 Å². The van der Waals surface area contributed by atoms with Gasteiger partial charge in [-0.1, -0.05) is 18.2 Å². The molecular formula is C9H10NO2-. The predicted octanol–water partition coefficient (Wildman–Crippen LogP) is 0.771. The summed E-state index contributed by atoms with van der Waals surface area (Å²) in [5.74, 6) is -0.223. The van der Waals surface area contributed by atoms with E-state index in [9.17, 15) is 5.11 Å². The zero-order chi connectivity index (χ0) is 8.97. The molecule has 3 heteroatoms. The molecule has 1 aromatic rings. The number of para-hydroxylation sites is 1. The first-order valence-corrected chi connectivity index (χ1v) is 3.73. The van der Waals surface area contributed by atoms with E-state index in [1.165, 1.54) is 0 Å². The Hall–Kier alpha value is -1.51. The molecule has 0 bridgehead atoms. The van der Waals surface area contributed by atoms with Gasteiger partial charge >= 0.3 is 0 Å². The zero-order valence-electron chi connectivity index (χ0n) is 6.83. The van der Waals surface area contributed by atoms with E-state index in [0.29, 0.717) is 17.9 Å². The van der Waals surface area contributed by atoms with Crippen molar-refractivity contribution in [1.29, 1.82) is 5.41 Å². The number of benzene rings is 1. The van der Waals surface area contributed by atoms with Crippen molar-refractivity contribution in [2.75, 3.05) is 6.61 Å². The van der Waals surface area contributed by atoms with E-state index in [1.807, 2.05) is 6.92 Å². The quantitative estimate of drug-likeness (QED) is 0.530. The number of hydrogen-bond acceptors (Lipinski definition) is 3. The third-order valence-corrected chi connectivity index (χ3v) is 1.43. The van der Waals surface area contributed by atoms with Crippen LogP contribution in [0.25, 0.3) is 0 Å². The molecule has 0 fully saturated rings. The van der Waals surface area contributed by atoms with Crippen molar-refractivity contribution in [1.82, 2.24) is 0 Å². The minimum Gasteiger partial charge on any atom is -0.859 e. The van der Waals surface area contributed by atoms with Gasteiger partial charge in [0.1, 0.15) is 5.75 Å². The van der Waals surface area contributed by atoms with Crippen molar-refractivity contribution in [3.05, 3.63) is 29.8 Å². The SMILES string of the molecule is CCOc1ccccc1C(=N)[O-]. The second kappa shape index (κ2) is 3.76. The smallest absolute Gasteiger partial charge is 0.127 e. The van der Waals surface area contributed by atoms with E-state index >= 15 is 0 Å². The molecular weight excluding hydrogens is 154 g/mol. The van der Waals surface area contributed by atoms with Crippen molar-refractivity contribution in [2.24, 2.45) is 0 Å². The summed E-state index contributed by atoms with van der Waals surface area (Å²) in [5, 5.41) is 17.6. The van der Waals surface area contributed by atoms with Crippen molar-refractivity contribution in [3.8, 4) is 5.75 Å². The lowest BCUT2D eigenvalue weighted by Gasteiger charge is -2.12. The largest absolute Gasteiger partial charge is 0.859 e. The molecule has 0 amide bonds. The van der Waals surface area contributed by atoms with Gasteiger partial charge in [0.05, 0.1) is 6.61 Å². The third-order valence-electron chi connectivity index (χ3n) is 1.43. The molecule has 0 aliphatic heterocycles. The van der Waals surface area contributed by atoms with Gasteiger partial charge in [0.25, 0.3) is 0 Å². The van der Waals surface area contributed by atoms with Gasteiger partial charge in [0.2, 0.25) is 0 Å². The van der Waals surface area contributed by atoms with Gasteiger partial charge < -0.3 is 15.3 Å². The van der Waals surface area contributed by atoms with E-state index < -0.39 is 5.90 Å². The number of ether oxygens (including phenoxy) is 1. The lowest BCUT2D eigenvalue weighted by molar-refractivity contribution is -0.214. The number of rotatable bonds is 3. The van der Waals surface area contributed by atoms with Crippen molar-refractivity contribution in [2.45, 2.75) is 6.92 Å². The molecule has 12 heavy (non-hydrogen) atoms. The van der Waals surface area contributed by atoms with E-state index in [4.69, 9.17) is 10.1 Å². The van der Waals surface area contributed by atoms with Crippen LogP contribution >= 0.6 is 0 Å². The normalized spacial score (nSPS) is 9.42. The molecule has 0 atom stereocenters. The molecule has 1 aromatic carbocycles. The van der Waals surface area contributed by atoms with Crippen LogP contribution in [0.15, 0.2) is 24.3 Å². The minimum absolute atomic E-state index is 0.319. The summed E-state index contributed by atoms with van der Waals surface area (Å²) < 4.78 is 5.16.